The number of hydrogen-bond donors (Lipinski definition) is 2. The van der Waals surface area contributed by atoms with Crippen LogP contribution in [0.2, 0.25) is 0 Å². The third-order valence-electron chi connectivity index (χ3n) is 5.62. The average molecular weight is 406 g/mol. The molecule has 2 aliphatic heterocycles. The van der Waals surface area contributed by atoms with Gasteiger partial charge in [-0.3, -0.25) is 14.5 Å². The minimum atomic E-state index is -0.306. The molecule has 1 atom stereocenters. The van der Waals surface area contributed by atoms with Crippen LogP contribution in [0.15, 0.2) is 29.2 Å². The molecule has 2 saturated heterocycles. The highest BCUT2D eigenvalue weighted by Crippen LogP contribution is 2.30. The van der Waals surface area contributed by atoms with Crippen LogP contribution in [0.4, 0.5) is 0 Å². The lowest BCUT2D eigenvalue weighted by molar-refractivity contribution is -0.122. The molecule has 1 aromatic carbocycles. The molecule has 0 unspecified atom stereocenters. The number of carbonyl (C=O) groups excluding carboxylic acids is 2. The fourth-order valence-electron chi connectivity index (χ4n) is 3.94. The summed E-state index contributed by atoms with van der Waals surface area (Å²) in [5, 5.41) is 6.19. The Kier molecular flexibility index (Phi) is 7.76. The predicted octanol–water partition coefficient (Wildman–Crippen LogP) is 1.83. The van der Waals surface area contributed by atoms with Gasteiger partial charge in [0.05, 0.1) is 13.2 Å². The second-order valence-electron chi connectivity index (χ2n) is 7.66. The normalized spacial score (nSPS) is 22.8. The van der Waals surface area contributed by atoms with Crippen LogP contribution in [0.25, 0.3) is 0 Å². The van der Waals surface area contributed by atoms with E-state index < -0.39 is 0 Å². The van der Waals surface area contributed by atoms with Crippen molar-refractivity contribution < 1.29 is 14.3 Å². The minimum Gasteiger partial charge on any atom is -0.379 e. The molecule has 6 nitrogen and oxygen atoms in total. The fourth-order valence-corrected chi connectivity index (χ4v) is 4.34. The van der Waals surface area contributed by atoms with Crippen molar-refractivity contribution in [2.45, 2.75) is 42.5 Å². The van der Waals surface area contributed by atoms with E-state index in [1.54, 1.807) is 11.8 Å². The molecule has 2 aliphatic rings. The summed E-state index contributed by atoms with van der Waals surface area (Å²) in [6, 6.07) is 8.48. The van der Waals surface area contributed by atoms with Crippen molar-refractivity contribution in [1.82, 2.24) is 15.5 Å². The van der Waals surface area contributed by atoms with Gasteiger partial charge in [-0.05, 0) is 43.2 Å². The second-order valence-corrected chi connectivity index (χ2v) is 8.54. The number of rotatable bonds is 9. The Balaban J connectivity index is 1.47. The molecule has 2 heterocycles. The number of nitrogens with zero attached hydrogens (tertiary/aromatic N) is 1. The highest BCUT2D eigenvalue weighted by Gasteiger charge is 2.37. The van der Waals surface area contributed by atoms with Crippen LogP contribution >= 0.6 is 11.8 Å². The van der Waals surface area contributed by atoms with Crippen LogP contribution in [0.5, 0.6) is 0 Å². The second kappa shape index (κ2) is 10.3. The van der Waals surface area contributed by atoms with E-state index in [1.807, 2.05) is 0 Å². The van der Waals surface area contributed by atoms with Gasteiger partial charge < -0.3 is 15.4 Å². The summed E-state index contributed by atoms with van der Waals surface area (Å²) in [5.41, 5.74) is 0.896. The zero-order valence-electron chi connectivity index (χ0n) is 16.7. The summed E-state index contributed by atoms with van der Waals surface area (Å²) in [5.74, 6) is 0.153. The van der Waals surface area contributed by atoms with Gasteiger partial charge in [0.15, 0.2) is 0 Å². The molecule has 2 fully saturated rings. The lowest BCUT2D eigenvalue weighted by Gasteiger charge is -2.29. The molecular formula is C21H31N3O3S. The van der Waals surface area contributed by atoms with Crippen molar-refractivity contribution in [3.8, 4) is 0 Å². The number of amides is 2. The summed E-state index contributed by atoms with van der Waals surface area (Å²) in [6.45, 7) is 4.93. The predicted molar refractivity (Wildman–Crippen MR) is 112 cm³/mol. The highest BCUT2D eigenvalue weighted by molar-refractivity contribution is 7.98. The first kappa shape index (κ1) is 21.1. The lowest BCUT2D eigenvalue weighted by atomic mass is 9.85. The van der Waals surface area contributed by atoms with E-state index in [2.05, 4.69) is 46.1 Å². The molecule has 2 N–H and O–H groups in total. The molecule has 28 heavy (non-hydrogen) atoms. The zero-order valence-corrected chi connectivity index (χ0v) is 17.5. The molecule has 3 rings (SSSR count). The van der Waals surface area contributed by atoms with Gasteiger partial charge in [0, 0.05) is 49.5 Å². The average Bonchev–Trinajstić information content (AvgIpc) is 3.08. The summed E-state index contributed by atoms with van der Waals surface area (Å²) < 4.78 is 5.34. The standard InChI is InChI=1S/C21H31N3O3S/c1-28-18-4-2-17(3-5-18)16-21(9-7-20(26)23-21)8-6-19(25)22-10-11-24-12-14-27-15-13-24/h2-5H,6-16H2,1H3,(H,22,25)(H,23,26)/t21-/m1/s1. The summed E-state index contributed by atoms with van der Waals surface area (Å²) in [7, 11) is 0. The van der Waals surface area contributed by atoms with Gasteiger partial charge in [-0.2, -0.15) is 0 Å². The maximum atomic E-state index is 12.3. The van der Waals surface area contributed by atoms with Crippen molar-refractivity contribution in [3.63, 3.8) is 0 Å². The van der Waals surface area contributed by atoms with Gasteiger partial charge in [-0.25, -0.2) is 0 Å². The summed E-state index contributed by atoms with van der Waals surface area (Å²) in [4.78, 5) is 27.8. The molecule has 0 bridgehead atoms. The molecule has 1 aromatic rings. The quantitative estimate of drug-likeness (QED) is 0.614. The van der Waals surface area contributed by atoms with E-state index in [0.717, 1.165) is 45.7 Å². The Hall–Kier alpha value is -1.57. The van der Waals surface area contributed by atoms with Gasteiger partial charge >= 0.3 is 0 Å². The molecule has 154 valence electrons. The van der Waals surface area contributed by atoms with Crippen LogP contribution in [0, 0.1) is 0 Å². The zero-order chi connectivity index (χ0) is 19.8. The molecule has 0 saturated carbocycles. The van der Waals surface area contributed by atoms with Crippen molar-refractivity contribution in [2.24, 2.45) is 0 Å². The topological polar surface area (TPSA) is 70.7 Å². The smallest absolute Gasteiger partial charge is 0.220 e. The number of thioether (sulfide) groups is 1. The maximum Gasteiger partial charge on any atom is 0.220 e. The van der Waals surface area contributed by atoms with Crippen LogP contribution < -0.4 is 10.6 Å². The number of carbonyl (C=O) groups is 2. The van der Waals surface area contributed by atoms with E-state index >= 15 is 0 Å². The van der Waals surface area contributed by atoms with Gasteiger partial charge in [0.25, 0.3) is 0 Å². The molecule has 0 aliphatic carbocycles. The number of hydrogen-bond acceptors (Lipinski definition) is 5. The number of morpholine rings is 1. The minimum absolute atomic E-state index is 0.0616. The van der Waals surface area contributed by atoms with Crippen molar-refractivity contribution in [1.29, 1.82) is 0 Å². The number of nitrogens with one attached hydrogen (secondary N) is 2. The molecule has 7 heteroatoms. The van der Waals surface area contributed by atoms with E-state index in [4.69, 9.17) is 4.74 Å². The Morgan fingerprint density at radius 1 is 1.29 bits per heavy atom. The fraction of sp³-hybridized carbons (Fsp3) is 0.619. The third kappa shape index (κ3) is 6.22. The monoisotopic (exact) mass is 405 g/mol. The Morgan fingerprint density at radius 3 is 2.68 bits per heavy atom. The largest absolute Gasteiger partial charge is 0.379 e. The highest BCUT2D eigenvalue weighted by atomic mass is 32.2. The summed E-state index contributed by atoms with van der Waals surface area (Å²) >= 11 is 1.72. The Bertz CT molecular complexity index is 661. The van der Waals surface area contributed by atoms with Gasteiger partial charge in [-0.15, -0.1) is 11.8 Å². The lowest BCUT2D eigenvalue weighted by Crippen LogP contribution is -2.45. The van der Waals surface area contributed by atoms with Crippen LogP contribution in [0.3, 0.4) is 0 Å². The summed E-state index contributed by atoms with van der Waals surface area (Å²) in [6.07, 6.45) is 5.28. The SMILES string of the molecule is CSc1ccc(C[C@@]2(CCC(=O)NCCN3CCOCC3)CCC(=O)N2)cc1. The molecule has 0 spiro atoms. The first-order chi connectivity index (χ1) is 13.6. The molecule has 2 amide bonds. The first-order valence-corrected chi connectivity index (χ1v) is 11.3. The van der Waals surface area contributed by atoms with E-state index in [9.17, 15) is 9.59 Å². The molecular weight excluding hydrogens is 374 g/mol. The van der Waals surface area contributed by atoms with Gasteiger partial charge in [-0.1, -0.05) is 12.1 Å². The first-order valence-electron chi connectivity index (χ1n) is 10.1. The maximum absolute atomic E-state index is 12.3. The Morgan fingerprint density at radius 2 is 2.04 bits per heavy atom. The van der Waals surface area contributed by atoms with Crippen LogP contribution in [-0.4, -0.2) is 67.9 Å². The molecule has 0 radical (unpaired) electrons. The van der Waals surface area contributed by atoms with Crippen molar-refractivity contribution in [3.05, 3.63) is 29.8 Å². The van der Waals surface area contributed by atoms with Gasteiger partial charge in [0.2, 0.25) is 11.8 Å². The van der Waals surface area contributed by atoms with Crippen molar-refractivity contribution >= 4 is 23.6 Å². The van der Waals surface area contributed by atoms with E-state index in [0.29, 0.717) is 25.8 Å². The number of benzene rings is 1. The van der Waals surface area contributed by atoms with Crippen molar-refractivity contribution in [2.75, 3.05) is 45.6 Å². The Labute approximate surface area is 171 Å². The van der Waals surface area contributed by atoms with Gasteiger partial charge in [0.1, 0.15) is 0 Å². The van der Waals surface area contributed by atoms with E-state index in [-0.39, 0.29) is 17.4 Å². The molecule has 0 aromatic heterocycles. The third-order valence-corrected chi connectivity index (χ3v) is 6.36. The van der Waals surface area contributed by atoms with E-state index in [1.165, 1.54) is 10.5 Å². The number of ether oxygens (including phenoxy) is 1. The van der Waals surface area contributed by atoms with Crippen LogP contribution in [-0.2, 0) is 20.7 Å². The van der Waals surface area contributed by atoms with Crippen LogP contribution in [0.1, 0.15) is 31.2 Å².